The van der Waals surface area contributed by atoms with E-state index < -0.39 is 0 Å². The maximum absolute atomic E-state index is 2.40. The first-order valence-corrected chi connectivity index (χ1v) is 14.9. The molecule has 0 aliphatic rings. The number of hydrogen-bond donors (Lipinski definition) is 0. The highest BCUT2D eigenvalue weighted by Crippen LogP contribution is 2.41. The van der Waals surface area contributed by atoms with Gasteiger partial charge in [-0.1, -0.05) is 127 Å². The molecule has 0 bridgehead atoms. The van der Waals surface area contributed by atoms with Crippen molar-refractivity contribution < 1.29 is 0 Å². The molecule has 0 heterocycles. The van der Waals surface area contributed by atoms with Gasteiger partial charge in [0.25, 0.3) is 0 Å². The van der Waals surface area contributed by atoms with Crippen molar-refractivity contribution in [3.8, 4) is 33.4 Å². The van der Waals surface area contributed by atoms with Gasteiger partial charge in [-0.15, -0.1) is 0 Å². The van der Waals surface area contributed by atoms with Crippen LogP contribution in [0.1, 0.15) is 11.1 Å². The van der Waals surface area contributed by atoms with Crippen molar-refractivity contribution in [3.63, 3.8) is 0 Å². The van der Waals surface area contributed by atoms with Gasteiger partial charge in [0, 0.05) is 17.1 Å². The smallest absolute Gasteiger partial charge is 0.0491 e. The van der Waals surface area contributed by atoms with Crippen LogP contribution in [-0.2, 0) is 0 Å². The van der Waals surface area contributed by atoms with Gasteiger partial charge >= 0.3 is 0 Å². The Hall–Kier alpha value is -5.40. The lowest BCUT2D eigenvalue weighted by atomic mass is 9.97. The summed E-state index contributed by atoms with van der Waals surface area (Å²) in [7, 11) is 0. The minimum atomic E-state index is 1.13. The zero-order valence-corrected chi connectivity index (χ0v) is 24.5. The summed E-state index contributed by atoms with van der Waals surface area (Å²) >= 11 is 0. The van der Waals surface area contributed by atoms with Crippen LogP contribution in [0.25, 0.3) is 44.2 Å². The van der Waals surface area contributed by atoms with Crippen molar-refractivity contribution in [1.82, 2.24) is 0 Å². The van der Waals surface area contributed by atoms with Crippen LogP contribution in [0.4, 0.5) is 17.1 Å². The van der Waals surface area contributed by atoms with E-state index in [1.165, 1.54) is 66.7 Å². The van der Waals surface area contributed by atoms with Crippen LogP contribution in [0.5, 0.6) is 0 Å². The van der Waals surface area contributed by atoms with Crippen LogP contribution >= 0.6 is 0 Å². The summed E-state index contributed by atoms with van der Waals surface area (Å²) in [6.45, 7) is 4.43. The molecule has 0 saturated heterocycles. The molecule has 1 nitrogen and oxygen atoms in total. The molecule has 0 unspecified atom stereocenters. The van der Waals surface area contributed by atoms with Crippen molar-refractivity contribution in [1.29, 1.82) is 0 Å². The highest BCUT2D eigenvalue weighted by atomic mass is 15.1. The standard InChI is InChI=1S/C42H33N/c1-30-28-36(32-12-5-3-6-13-32)22-26-41(30)43(42-27-23-37(29-31(42)2)33-14-7-4-8-15-33)38-24-20-35(21-25-38)40-19-11-17-34-16-9-10-18-39(34)40/h3-29H,1-2H3. The number of anilines is 3. The minimum absolute atomic E-state index is 1.13. The molecule has 43 heavy (non-hydrogen) atoms. The molecule has 0 N–H and O–H groups in total. The summed E-state index contributed by atoms with van der Waals surface area (Å²) in [4.78, 5) is 2.40. The maximum Gasteiger partial charge on any atom is 0.0491 e. The monoisotopic (exact) mass is 551 g/mol. The lowest BCUT2D eigenvalue weighted by Gasteiger charge is -2.29. The average Bonchev–Trinajstić information content (AvgIpc) is 3.07. The summed E-state index contributed by atoms with van der Waals surface area (Å²) in [5.41, 5.74) is 13.3. The SMILES string of the molecule is Cc1cc(-c2ccccc2)ccc1N(c1ccc(-c2cccc3ccccc23)cc1)c1ccc(-c2ccccc2)cc1C. The molecule has 206 valence electrons. The molecular weight excluding hydrogens is 518 g/mol. The van der Waals surface area contributed by atoms with Crippen molar-refractivity contribution in [3.05, 3.63) is 175 Å². The molecule has 0 aromatic heterocycles. The first kappa shape index (κ1) is 26.5. The van der Waals surface area contributed by atoms with Crippen LogP contribution < -0.4 is 4.90 Å². The molecule has 0 amide bonds. The molecule has 7 aromatic rings. The Bertz CT molecular complexity index is 1930. The van der Waals surface area contributed by atoms with Crippen molar-refractivity contribution in [2.24, 2.45) is 0 Å². The van der Waals surface area contributed by atoms with Crippen LogP contribution in [0.2, 0.25) is 0 Å². The summed E-state index contributed by atoms with van der Waals surface area (Å²) in [6, 6.07) is 59.0. The number of rotatable bonds is 6. The van der Waals surface area contributed by atoms with Gasteiger partial charge < -0.3 is 4.90 Å². The molecule has 1 heteroatoms. The highest BCUT2D eigenvalue weighted by Gasteiger charge is 2.18. The van der Waals surface area contributed by atoms with Crippen LogP contribution in [-0.4, -0.2) is 0 Å². The Balaban J connectivity index is 1.34. The Morgan fingerprint density at radius 3 is 1.42 bits per heavy atom. The van der Waals surface area contributed by atoms with Gasteiger partial charge in [0.05, 0.1) is 0 Å². The first-order chi connectivity index (χ1) is 21.2. The van der Waals surface area contributed by atoms with E-state index in [0.29, 0.717) is 0 Å². The zero-order valence-electron chi connectivity index (χ0n) is 24.5. The number of nitrogens with zero attached hydrogens (tertiary/aromatic N) is 1. The molecule has 0 atom stereocenters. The van der Waals surface area contributed by atoms with Gasteiger partial charge in [-0.3, -0.25) is 0 Å². The topological polar surface area (TPSA) is 3.24 Å². The van der Waals surface area contributed by atoms with Gasteiger partial charge in [-0.05, 0) is 106 Å². The van der Waals surface area contributed by atoms with Crippen LogP contribution in [0.15, 0.2) is 164 Å². The van der Waals surface area contributed by atoms with E-state index >= 15 is 0 Å². The fourth-order valence-corrected chi connectivity index (χ4v) is 6.11. The van der Waals surface area contributed by atoms with Crippen LogP contribution in [0, 0.1) is 13.8 Å². The van der Waals surface area contributed by atoms with Gasteiger partial charge in [0.15, 0.2) is 0 Å². The summed E-state index contributed by atoms with van der Waals surface area (Å²) in [5.74, 6) is 0. The zero-order chi connectivity index (χ0) is 29.2. The normalized spacial score (nSPS) is 11.0. The highest BCUT2D eigenvalue weighted by molar-refractivity contribution is 5.97. The van der Waals surface area contributed by atoms with E-state index in [4.69, 9.17) is 0 Å². The Morgan fingerprint density at radius 1 is 0.372 bits per heavy atom. The fraction of sp³-hybridized carbons (Fsp3) is 0.0476. The second-order valence-electron chi connectivity index (χ2n) is 11.1. The fourth-order valence-electron chi connectivity index (χ4n) is 6.11. The van der Waals surface area contributed by atoms with Gasteiger partial charge in [0.2, 0.25) is 0 Å². The van der Waals surface area contributed by atoms with Crippen molar-refractivity contribution >= 4 is 27.8 Å². The first-order valence-electron chi connectivity index (χ1n) is 14.9. The summed E-state index contributed by atoms with van der Waals surface area (Å²) in [5, 5.41) is 2.53. The van der Waals surface area contributed by atoms with Crippen molar-refractivity contribution in [2.45, 2.75) is 13.8 Å². The summed E-state index contributed by atoms with van der Waals surface area (Å²) < 4.78 is 0. The van der Waals surface area contributed by atoms with E-state index in [1.807, 2.05) is 0 Å². The Labute approximate surface area is 254 Å². The predicted molar refractivity (Wildman–Crippen MR) is 184 cm³/mol. The third-order valence-corrected chi connectivity index (χ3v) is 8.32. The van der Waals surface area contributed by atoms with E-state index in [1.54, 1.807) is 0 Å². The van der Waals surface area contributed by atoms with E-state index in [2.05, 4.69) is 183 Å². The van der Waals surface area contributed by atoms with Gasteiger partial charge in [-0.2, -0.15) is 0 Å². The average molecular weight is 552 g/mol. The number of hydrogen-bond acceptors (Lipinski definition) is 1. The molecule has 7 rings (SSSR count). The number of fused-ring (bicyclic) bond motifs is 1. The molecule has 0 fully saturated rings. The van der Waals surface area contributed by atoms with Crippen LogP contribution in [0.3, 0.4) is 0 Å². The Kier molecular flexibility index (Phi) is 7.07. The maximum atomic E-state index is 2.40. The largest absolute Gasteiger partial charge is 0.310 e. The quantitative estimate of drug-likeness (QED) is 0.199. The molecular formula is C42H33N. The molecule has 0 spiro atoms. The van der Waals surface area contributed by atoms with E-state index in [0.717, 1.165) is 5.69 Å². The van der Waals surface area contributed by atoms with Gasteiger partial charge in [0.1, 0.15) is 0 Å². The lowest BCUT2D eigenvalue weighted by Crippen LogP contribution is -2.12. The second kappa shape index (κ2) is 11.5. The lowest BCUT2D eigenvalue weighted by molar-refractivity contribution is 1.23. The molecule has 7 aromatic carbocycles. The molecule has 0 aliphatic heterocycles. The third-order valence-electron chi connectivity index (χ3n) is 8.32. The molecule has 0 saturated carbocycles. The van der Waals surface area contributed by atoms with Gasteiger partial charge in [-0.25, -0.2) is 0 Å². The number of benzene rings is 7. The molecule has 0 radical (unpaired) electrons. The summed E-state index contributed by atoms with van der Waals surface area (Å²) in [6.07, 6.45) is 0. The third kappa shape index (κ3) is 5.22. The van der Waals surface area contributed by atoms with Crippen molar-refractivity contribution in [2.75, 3.05) is 4.90 Å². The van der Waals surface area contributed by atoms with E-state index in [9.17, 15) is 0 Å². The predicted octanol–water partition coefficient (Wildman–Crippen LogP) is 11.9. The Morgan fingerprint density at radius 2 is 0.860 bits per heavy atom. The minimum Gasteiger partial charge on any atom is -0.310 e. The second-order valence-corrected chi connectivity index (χ2v) is 11.1. The van der Waals surface area contributed by atoms with E-state index in [-0.39, 0.29) is 0 Å². The molecule has 0 aliphatic carbocycles. The number of aryl methyl sites for hydroxylation is 2.